The number of likely N-dealkylation sites (N-methyl/N-ethyl adjacent to an activating group) is 1. The summed E-state index contributed by atoms with van der Waals surface area (Å²) in [6.45, 7) is 4.48. The highest BCUT2D eigenvalue weighted by molar-refractivity contribution is 5.53. The van der Waals surface area contributed by atoms with Gasteiger partial charge in [0.1, 0.15) is 5.76 Å². The zero-order valence-electron chi connectivity index (χ0n) is 16.9. The molecule has 0 saturated carbocycles. The van der Waals surface area contributed by atoms with Crippen LogP contribution in [-0.2, 0) is 6.54 Å². The quantitative estimate of drug-likeness (QED) is 0.503. The van der Waals surface area contributed by atoms with Gasteiger partial charge >= 0.3 is 0 Å². The topological polar surface area (TPSA) is 128 Å². The number of nitrogens with zero attached hydrogens (tertiary/aromatic N) is 8. The van der Waals surface area contributed by atoms with Crippen molar-refractivity contribution in [2.45, 2.75) is 32.4 Å². The fraction of sp³-hybridized carbons (Fsp3) is 0.421. The van der Waals surface area contributed by atoms with E-state index in [1.54, 1.807) is 18.4 Å². The predicted octanol–water partition coefficient (Wildman–Crippen LogP) is 1.76. The molecule has 5 rings (SSSR count). The van der Waals surface area contributed by atoms with Gasteiger partial charge in [0.15, 0.2) is 5.76 Å². The maximum Gasteiger partial charge on any atom is 0.259 e. The third kappa shape index (κ3) is 3.47. The van der Waals surface area contributed by atoms with Crippen LogP contribution in [0.15, 0.2) is 33.4 Å². The summed E-state index contributed by atoms with van der Waals surface area (Å²) < 4.78 is 12.0. The number of nitrogens with two attached hydrogens (primary N) is 1. The van der Waals surface area contributed by atoms with Gasteiger partial charge in [-0.1, -0.05) is 5.16 Å². The number of nitrogen functional groups attached to an aromatic ring is 1. The Morgan fingerprint density at radius 3 is 2.97 bits per heavy atom. The lowest BCUT2D eigenvalue weighted by Gasteiger charge is -2.28. The first-order valence-electron chi connectivity index (χ1n) is 9.88. The van der Waals surface area contributed by atoms with E-state index in [9.17, 15) is 0 Å². The number of hydrogen-bond acceptors (Lipinski definition) is 10. The van der Waals surface area contributed by atoms with Gasteiger partial charge in [0.25, 0.3) is 5.78 Å². The molecule has 4 aromatic heterocycles. The molecule has 1 fully saturated rings. The Morgan fingerprint density at radius 1 is 1.30 bits per heavy atom. The Bertz CT molecular complexity index is 1150. The van der Waals surface area contributed by atoms with E-state index in [0.717, 1.165) is 43.9 Å². The minimum absolute atomic E-state index is 0.230. The molecule has 0 radical (unpaired) electrons. The fourth-order valence-corrected chi connectivity index (χ4v) is 3.88. The molecule has 0 amide bonds. The van der Waals surface area contributed by atoms with Crippen LogP contribution >= 0.6 is 0 Å². The number of hydrogen-bond donors (Lipinski definition) is 1. The predicted molar refractivity (Wildman–Crippen MR) is 109 cm³/mol. The summed E-state index contributed by atoms with van der Waals surface area (Å²) in [5.74, 6) is 2.94. The maximum atomic E-state index is 6.12. The van der Waals surface area contributed by atoms with Crippen molar-refractivity contribution in [1.29, 1.82) is 0 Å². The van der Waals surface area contributed by atoms with Crippen molar-refractivity contribution in [2.75, 3.05) is 30.8 Å². The van der Waals surface area contributed by atoms with Crippen LogP contribution < -0.4 is 10.6 Å². The molecule has 0 aromatic carbocycles. The minimum atomic E-state index is 0.230. The Balaban J connectivity index is 1.34. The molecule has 156 valence electrons. The van der Waals surface area contributed by atoms with Crippen LogP contribution in [0.5, 0.6) is 0 Å². The van der Waals surface area contributed by atoms with Gasteiger partial charge in [-0.15, -0.1) is 5.10 Å². The van der Waals surface area contributed by atoms with Crippen LogP contribution in [0.25, 0.3) is 17.4 Å². The lowest BCUT2D eigenvalue weighted by molar-refractivity contribution is 0.240. The summed E-state index contributed by atoms with van der Waals surface area (Å²) in [5.41, 5.74) is 7.08. The van der Waals surface area contributed by atoms with E-state index in [2.05, 4.69) is 30.1 Å². The zero-order valence-corrected chi connectivity index (χ0v) is 16.9. The monoisotopic (exact) mass is 409 g/mol. The third-order valence-electron chi connectivity index (χ3n) is 5.33. The first kappa shape index (κ1) is 18.6. The summed E-state index contributed by atoms with van der Waals surface area (Å²) in [6.07, 6.45) is 3.82. The Hall–Kier alpha value is -3.47. The summed E-state index contributed by atoms with van der Waals surface area (Å²) in [7, 11) is 1.96. The molecular weight excluding hydrogens is 386 g/mol. The average molecular weight is 409 g/mol. The highest BCUT2D eigenvalue weighted by atomic mass is 16.5. The Kier molecular flexibility index (Phi) is 4.58. The highest BCUT2D eigenvalue weighted by Crippen LogP contribution is 2.23. The molecule has 5 heterocycles. The molecule has 1 aliphatic rings. The number of aromatic nitrogens is 6. The minimum Gasteiger partial charge on any atom is -0.461 e. The van der Waals surface area contributed by atoms with Crippen molar-refractivity contribution in [2.24, 2.45) is 0 Å². The lowest BCUT2D eigenvalue weighted by Crippen LogP contribution is -2.39. The van der Waals surface area contributed by atoms with Crippen molar-refractivity contribution in [1.82, 2.24) is 34.6 Å². The Morgan fingerprint density at radius 2 is 2.20 bits per heavy atom. The second-order valence-corrected chi connectivity index (χ2v) is 7.58. The first-order chi connectivity index (χ1) is 14.6. The van der Waals surface area contributed by atoms with Crippen molar-refractivity contribution < 1.29 is 8.94 Å². The highest BCUT2D eigenvalue weighted by Gasteiger charge is 2.27. The molecule has 11 nitrogen and oxygen atoms in total. The van der Waals surface area contributed by atoms with Gasteiger partial charge in [-0.25, -0.2) is 0 Å². The molecule has 0 bridgehead atoms. The lowest BCUT2D eigenvalue weighted by atomic mass is 10.2. The second-order valence-electron chi connectivity index (χ2n) is 7.58. The molecule has 0 spiro atoms. The fourth-order valence-electron chi connectivity index (χ4n) is 3.88. The molecule has 1 unspecified atom stereocenters. The third-order valence-corrected chi connectivity index (χ3v) is 5.33. The number of likely N-dealkylation sites (tertiary alicyclic amines) is 1. The van der Waals surface area contributed by atoms with Crippen LogP contribution in [0.3, 0.4) is 0 Å². The molecular formula is C19H23N9O2. The van der Waals surface area contributed by atoms with E-state index in [-0.39, 0.29) is 5.95 Å². The average Bonchev–Trinajstić information content (AvgIpc) is 3.49. The van der Waals surface area contributed by atoms with Gasteiger partial charge in [-0.3, -0.25) is 4.90 Å². The molecule has 30 heavy (non-hydrogen) atoms. The number of aryl methyl sites for hydroxylation is 1. The van der Waals surface area contributed by atoms with Gasteiger partial charge in [0, 0.05) is 32.2 Å². The number of fused-ring (bicyclic) bond motifs is 1. The second kappa shape index (κ2) is 7.41. The van der Waals surface area contributed by atoms with Crippen molar-refractivity contribution >= 4 is 17.7 Å². The largest absolute Gasteiger partial charge is 0.461 e. The normalized spacial score (nSPS) is 17.2. The van der Waals surface area contributed by atoms with Crippen molar-refractivity contribution in [3.8, 4) is 11.6 Å². The molecule has 1 saturated heterocycles. The van der Waals surface area contributed by atoms with Gasteiger partial charge in [-0.2, -0.15) is 19.5 Å². The summed E-state index contributed by atoms with van der Waals surface area (Å²) in [5, 5.41) is 8.46. The number of rotatable bonds is 6. The first-order valence-corrected chi connectivity index (χ1v) is 9.88. The van der Waals surface area contributed by atoms with E-state index >= 15 is 0 Å². The molecule has 11 heteroatoms. The van der Waals surface area contributed by atoms with Gasteiger partial charge in [-0.05, 0) is 38.4 Å². The molecule has 1 aliphatic heterocycles. The van der Waals surface area contributed by atoms with Crippen LogP contribution in [0.1, 0.15) is 24.3 Å². The van der Waals surface area contributed by atoms with Gasteiger partial charge in [0.2, 0.25) is 17.7 Å². The molecule has 0 aliphatic carbocycles. The summed E-state index contributed by atoms with van der Waals surface area (Å²) in [6, 6.07) is 5.92. The summed E-state index contributed by atoms with van der Waals surface area (Å²) >= 11 is 0. The van der Waals surface area contributed by atoms with Crippen LogP contribution in [0, 0.1) is 6.92 Å². The van der Waals surface area contributed by atoms with Gasteiger partial charge < -0.3 is 19.6 Å². The SMILES string of the molecule is Cc1cc(CN2CCCC2CN(C)c2nc(N)n3nc(-c4ccco4)nc3n2)no1. The van der Waals surface area contributed by atoms with Crippen LogP contribution in [0.4, 0.5) is 11.9 Å². The van der Waals surface area contributed by atoms with E-state index in [1.165, 1.54) is 4.52 Å². The van der Waals surface area contributed by atoms with Crippen LogP contribution in [-0.4, -0.2) is 60.8 Å². The maximum absolute atomic E-state index is 6.12. The van der Waals surface area contributed by atoms with E-state index < -0.39 is 0 Å². The number of furan rings is 1. The molecule has 2 N–H and O–H groups in total. The molecule has 4 aromatic rings. The smallest absolute Gasteiger partial charge is 0.259 e. The Labute approximate surface area is 172 Å². The van der Waals surface area contributed by atoms with Gasteiger partial charge in [0.05, 0.1) is 12.0 Å². The van der Waals surface area contributed by atoms with Crippen molar-refractivity contribution in [3.63, 3.8) is 0 Å². The number of anilines is 2. The summed E-state index contributed by atoms with van der Waals surface area (Å²) in [4.78, 5) is 17.8. The van der Waals surface area contributed by atoms with Crippen LogP contribution in [0.2, 0.25) is 0 Å². The van der Waals surface area contributed by atoms with Crippen molar-refractivity contribution in [3.05, 3.63) is 35.9 Å². The molecule has 1 atom stereocenters. The zero-order chi connectivity index (χ0) is 20.7. The standard InChI is InChI=1S/C19H23N9O2/c1-12-9-13(25-30-12)10-27-7-3-5-14(27)11-26(2)18-22-17(20)28-19(23-18)21-16(24-28)15-6-4-8-29-15/h4,6,8-9,14H,3,5,7,10-11H2,1-2H3,(H2,20,21,22,23,24). The van der Waals surface area contributed by atoms with E-state index in [4.69, 9.17) is 14.7 Å². The van der Waals surface area contributed by atoms with E-state index in [1.807, 2.05) is 24.9 Å². The van der Waals surface area contributed by atoms with E-state index in [0.29, 0.717) is 29.4 Å².